The van der Waals surface area contributed by atoms with E-state index in [0.29, 0.717) is 19.3 Å². The molecule has 6 heteroatoms. The first kappa shape index (κ1) is 51.3. The summed E-state index contributed by atoms with van der Waals surface area (Å²) in [5.74, 6) is -0.606. The Morgan fingerprint density at radius 3 is 1.19 bits per heavy atom. The molecule has 0 fully saturated rings. The van der Waals surface area contributed by atoms with Gasteiger partial charge in [-0.15, -0.1) is 0 Å². The normalized spacial score (nSPS) is 14.6. The first-order valence-corrected chi connectivity index (χ1v) is 22.5. The van der Waals surface area contributed by atoms with Crippen molar-refractivity contribution in [3.05, 3.63) is 48.6 Å². The van der Waals surface area contributed by atoms with Crippen molar-refractivity contribution in [2.45, 2.75) is 237 Å². The quantitative estimate of drug-likeness (QED) is 0.0317. The van der Waals surface area contributed by atoms with Crippen LogP contribution in [0.3, 0.4) is 0 Å². The lowest BCUT2D eigenvalue weighted by Gasteiger charge is -2.27. The van der Waals surface area contributed by atoms with Gasteiger partial charge in [0.15, 0.2) is 0 Å². The molecule has 53 heavy (non-hydrogen) atoms. The Kier molecular flexibility index (Phi) is 40.1. The molecule has 5 N–H and O–H groups in total. The van der Waals surface area contributed by atoms with Crippen LogP contribution in [0.1, 0.15) is 213 Å². The van der Waals surface area contributed by atoms with Crippen LogP contribution in [-0.2, 0) is 4.79 Å². The summed E-state index contributed by atoms with van der Waals surface area (Å²) in [6.07, 6.45) is 49.9. The van der Waals surface area contributed by atoms with Gasteiger partial charge < -0.3 is 25.7 Å². The van der Waals surface area contributed by atoms with Gasteiger partial charge in [0.05, 0.1) is 18.8 Å². The van der Waals surface area contributed by atoms with Gasteiger partial charge in [-0.25, -0.2) is 0 Å². The average Bonchev–Trinajstić information content (AvgIpc) is 3.16. The van der Waals surface area contributed by atoms with Gasteiger partial charge in [-0.3, -0.25) is 4.79 Å². The van der Waals surface area contributed by atoms with Crippen LogP contribution in [0.5, 0.6) is 0 Å². The second-order valence-electron chi connectivity index (χ2n) is 15.4. The number of amides is 1. The Hall–Kier alpha value is -1.73. The van der Waals surface area contributed by atoms with E-state index >= 15 is 0 Å². The molecule has 6 nitrogen and oxygen atoms in total. The van der Waals surface area contributed by atoms with E-state index in [0.717, 1.165) is 64.2 Å². The molecule has 0 aliphatic heterocycles. The van der Waals surface area contributed by atoms with E-state index < -0.39 is 36.9 Å². The second kappa shape index (κ2) is 41.4. The van der Waals surface area contributed by atoms with Gasteiger partial charge in [-0.2, -0.15) is 0 Å². The molecule has 0 aliphatic rings. The highest BCUT2D eigenvalue weighted by molar-refractivity contribution is 5.80. The van der Waals surface area contributed by atoms with Crippen LogP contribution in [0.2, 0.25) is 0 Å². The predicted molar refractivity (Wildman–Crippen MR) is 228 cm³/mol. The molecule has 0 rings (SSSR count). The highest BCUT2D eigenvalue weighted by atomic mass is 16.3. The summed E-state index contributed by atoms with van der Waals surface area (Å²) in [4.78, 5) is 12.5. The fourth-order valence-corrected chi connectivity index (χ4v) is 6.61. The Balaban J connectivity index is 3.84. The van der Waals surface area contributed by atoms with Crippen molar-refractivity contribution >= 4 is 5.91 Å². The van der Waals surface area contributed by atoms with Gasteiger partial charge in [-0.1, -0.05) is 172 Å². The van der Waals surface area contributed by atoms with Gasteiger partial charge in [0.2, 0.25) is 5.91 Å². The van der Waals surface area contributed by atoms with Gasteiger partial charge in [-0.05, 0) is 89.9 Å². The molecule has 310 valence electrons. The third-order valence-corrected chi connectivity index (χ3v) is 10.2. The van der Waals surface area contributed by atoms with E-state index in [1.54, 1.807) is 0 Å². The standard InChI is InChI=1S/C47H87NO5/c1-3-5-7-9-11-13-15-17-19-21-23-25-26-28-30-32-34-36-38-40-44(50)46(52)43(42-49)48-47(53)45(51)41-39-37-35-33-31-29-27-24-22-20-18-16-14-12-10-8-6-4-2/h17,19,22,24-26,32,34,43-46,49-52H,3-16,18,20-21,23,27-31,33,35-42H2,1-2H3,(H,48,53)/b19-17+,24-22-,26-25+,34-32+. The number of allylic oxidation sites excluding steroid dienone is 8. The van der Waals surface area contributed by atoms with Crippen molar-refractivity contribution in [3.63, 3.8) is 0 Å². The number of aliphatic hydroxyl groups excluding tert-OH is 4. The van der Waals surface area contributed by atoms with Crippen LogP contribution in [0, 0.1) is 0 Å². The summed E-state index contributed by atoms with van der Waals surface area (Å²) in [5, 5.41) is 43.7. The lowest BCUT2D eigenvalue weighted by molar-refractivity contribution is -0.132. The Bertz CT molecular complexity index is 884. The molecular formula is C47H87NO5. The number of aliphatic hydroxyl groups is 4. The van der Waals surface area contributed by atoms with E-state index in [4.69, 9.17) is 0 Å². The molecule has 4 atom stereocenters. The molecule has 0 bridgehead atoms. The van der Waals surface area contributed by atoms with Crippen molar-refractivity contribution in [1.29, 1.82) is 0 Å². The average molecular weight is 746 g/mol. The molecule has 0 aromatic heterocycles. The van der Waals surface area contributed by atoms with E-state index in [1.807, 2.05) is 0 Å². The molecule has 0 aliphatic carbocycles. The summed E-state index contributed by atoms with van der Waals surface area (Å²) in [6, 6.07) is -1.01. The van der Waals surface area contributed by atoms with Crippen molar-refractivity contribution < 1.29 is 25.2 Å². The molecule has 0 spiro atoms. The zero-order valence-electron chi connectivity index (χ0n) is 34.8. The summed E-state index contributed by atoms with van der Waals surface area (Å²) >= 11 is 0. The zero-order valence-corrected chi connectivity index (χ0v) is 34.8. The lowest BCUT2D eigenvalue weighted by atomic mass is 10.00. The summed E-state index contributed by atoms with van der Waals surface area (Å²) in [7, 11) is 0. The minimum absolute atomic E-state index is 0.350. The van der Waals surface area contributed by atoms with Crippen LogP contribution in [0.15, 0.2) is 48.6 Å². The number of carbonyl (C=O) groups is 1. The van der Waals surface area contributed by atoms with Crippen LogP contribution in [0.25, 0.3) is 0 Å². The van der Waals surface area contributed by atoms with Crippen molar-refractivity contribution in [2.24, 2.45) is 0 Å². The lowest BCUT2D eigenvalue weighted by Crippen LogP contribution is -2.53. The molecule has 0 radical (unpaired) electrons. The monoisotopic (exact) mass is 746 g/mol. The summed E-state index contributed by atoms with van der Waals surface area (Å²) in [5.41, 5.74) is 0. The minimum Gasteiger partial charge on any atom is -0.394 e. The fraction of sp³-hybridized carbons (Fsp3) is 0.809. The Morgan fingerprint density at radius 1 is 0.453 bits per heavy atom. The third kappa shape index (κ3) is 35.7. The van der Waals surface area contributed by atoms with Crippen molar-refractivity contribution in [1.82, 2.24) is 5.32 Å². The number of unbranched alkanes of at least 4 members (excludes halogenated alkanes) is 23. The number of carbonyl (C=O) groups excluding carboxylic acids is 1. The largest absolute Gasteiger partial charge is 0.394 e. The zero-order chi connectivity index (χ0) is 38.9. The Labute approximate surface area is 328 Å². The van der Waals surface area contributed by atoms with E-state index in [-0.39, 0.29) is 0 Å². The smallest absolute Gasteiger partial charge is 0.249 e. The van der Waals surface area contributed by atoms with Crippen LogP contribution in [0.4, 0.5) is 0 Å². The van der Waals surface area contributed by atoms with E-state index in [9.17, 15) is 25.2 Å². The number of hydrogen-bond donors (Lipinski definition) is 5. The summed E-state index contributed by atoms with van der Waals surface area (Å²) < 4.78 is 0. The molecule has 4 unspecified atom stereocenters. The predicted octanol–water partition coefficient (Wildman–Crippen LogP) is 11.9. The van der Waals surface area contributed by atoms with Crippen LogP contribution >= 0.6 is 0 Å². The highest BCUT2D eigenvalue weighted by Crippen LogP contribution is 2.14. The topological polar surface area (TPSA) is 110 Å². The molecule has 1 amide bonds. The Morgan fingerprint density at radius 2 is 0.792 bits per heavy atom. The fourth-order valence-electron chi connectivity index (χ4n) is 6.61. The number of rotatable bonds is 40. The molecule has 0 heterocycles. The molecule has 0 aromatic rings. The maximum absolute atomic E-state index is 12.5. The molecule has 0 saturated heterocycles. The van der Waals surface area contributed by atoms with Crippen molar-refractivity contribution in [3.8, 4) is 0 Å². The third-order valence-electron chi connectivity index (χ3n) is 10.2. The highest BCUT2D eigenvalue weighted by Gasteiger charge is 2.28. The maximum atomic E-state index is 12.5. The summed E-state index contributed by atoms with van der Waals surface area (Å²) in [6.45, 7) is 4.02. The first-order valence-electron chi connectivity index (χ1n) is 22.5. The second-order valence-corrected chi connectivity index (χ2v) is 15.4. The van der Waals surface area contributed by atoms with Gasteiger partial charge in [0, 0.05) is 0 Å². The maximum Gasteiger partial charge on any atom is 0.249 e. The first-order chi connectivity index (χ1) is 26.0. The van der Waals surface area contributed by atoms with Crippen LogP contribution < -0.4 is 5.32 Å². The van der Waals surface area contributed by atoms with Crippen molar-refractivity contribution in [2.75, 3.05) is 6.61 Å². The number of nitrogens with one attached hydrogen (secondary N) is 1. The number of hydrogen-bond acceptors (Lipinski definition) is 5. The molecule has 0 saturated carbocycles. The van der Waals surface area contributed by atoms with Gasteiger partial charge in [0.25, 0.3) is 0 Å². The SMILES string of the molecule is CCCCCCCC/C=C/CC/C=C/CC/C=C/CCCC(O)C(O)C(CO)NC(=O)C(O)CCCCCCCC/C=C\CCCCCCCCCC. The van der Waals surface area contributed by atoms with E-state index in [2.05, 4.69) is 67.8 Å². The van der Waals surface area contributed by atoms with Gasteiger partial charge >= 0.3 is 0 Å². The minimum atomic E-state index is -1.30. The van der Waals surface area contributed by atoms with Crippen LogP contribution in [-0.4, -0.2) is 57.3 Å². The van der Waals surface area contributed by atoms with Gasteiger partial charge in [0.1, 0.15) is 12.2 Å². The molecule has 0 aromatic carbocycles. The van der Waals surface area contributed by atoms with E-state index in [1.165, 1.54) is 116 Å². The molecular weight excluding hydrogens is 659 g/mol.